The number of Topliss-reactive ketones (excluding diaryl/α,β-unsaturated/α-hetero) is 4. The van der Waals surface area contributed by atoms with Gasteiger partial charge in [0.1, 0.15) is 11.5 Å². The molecule has 0 fully saturated rings. The third-order valence-corrected chi connectivity index (χ3v) is 5.65. The first-order chi connectivity index (χ1) is 18.0. The van der Waals surface area contributed by atoms with E-state index in [2.05, 4.69) is 0 Å². The van der Waals surface area contributed by atoms with Gasteiger partial charge in [-0.3, -0.25) is 19.2 Å². The van der Waals surface area contributed by atoms with Crippen molar-refractivity contribution in [2.45, 2.75) is 27.7 Å². The molecule has 4 rings (SSSR count). The van der Waals surface area contributed by atoms with Crippen molar-refractivity contribution in [3.63, 3.8) is 0 Å². The summed E-state index contributed by atoms with van der Waals surface area (Å²) in [4.78, 5) is 44.1. The molecule has 0 aliphatic heterocycles. The molecule has 0 N–H and O–H groups in total. The third-order valence-electron chi connectivity index (χ3n) is 5.65. The summed E-state index contributed by atoms with van der Waals surface area (Å²) in [6.07, 6.45) is 0. The number of methoxy groups -OCH3 is 2. The van der Waals surface area contributed by atoms with Gasteiger partial charge in [0.15, 0.2) is 23.1 Å². The molecule has 0 radical (unpaired) electrons. The second kappa shape index (κ2) is 14.2. The summed E-state index contributed by atoms with van der Waals surface area (Å²) >= 11 is 0. The Balaban J connectivity index is 0.000000207. The van der Waals surface area contributed by atoms with Crippen molar-refractivity contribution in [3.8, 4) is 11.5 Å². The predicted octanol–water partition coefficient (Wildman–Crippen LogP) is 7.04. The van der Waals surface area contributed by atoms with Crippen molar-refractivity contribution in [2.24, 2.45) is 0 Å². The second-order valence-electron chi connectivity index (χ2n) is 8.46. The Hall–Kier alpha value is -4.58. The minimum absolute atomic E-state index is 0.0186. The second-order valence-corrected chi connectivity index (χ2v) is 8.46. The van der Waals surface area contributed by atoms with Gasteiger partial charge in [0.05, 0.1) is 14.2 Å². The first kappa shape index (κ1) is 29.6. The lowest BCUT2D eigenvalue weighted by Crippen LogP contribution is -1.95. The fraction of sp³-hybridized carbons (Fsp3) is 0.188. The van der Waals surface area contributed by atoms with Gasteiger partial charge in [-0.2, -0.15) is 0 Å². The van der Waals surface area contributed by atoms with Crippen molar-refractivity contribution in [3.05, 3.63) is 107 Å². The van der Waals surface area contributed by atoms with Gasteiger partial charge in [0.2, 0.25) is 0 Å². The molecule has 0 aliphatic rings. The first-order valence-corrected chi connectivity index (χ1v) is 11.9. The highest BCUT2D eigenvalue weighted by Gasteiger charge is 2.04. The molecule has 6 heteroatoms. The maximum absolute atomic E-state index is 11.2. The number of rotatable bonds is 6. The van der Waals surface area contributed by atoms with E-state index in [1.54, 1.807) is 64.5 Å². The van der Waals surface area contributed by atoms with E-state index in [9.17, 15) is 19.2 Å². The van der Waals surface area contributed by atoms with E-state index in [-0.39, 0.29) is 23.1 Å². The third kappa shape index (κ3) is 8.82. The van der Waals surface area contributed by atoms with Crippen LogP contribution < -0.4 is 9.47 Å². The molecule has 38 heavy (non-hydrogen) atoms. The normalized spacial score (nSPS) is 9.74. The van der Waals surface area contributed by atoms with Crippen LogP contribution in [0.5, 0.6) is 11.5 Å². The van der Waals surface area contributed by atoms with Crippen molar-refractivity contribution in [2.75, 3.05) is 14.2 Å². The van der Waals surface area contributed by atoms with Gasteiger partial charge >= 0.3 is 0 Å². The van der Waals surface area contributed by atoms with Crippen molar-refractivity contribution >= 4 is 33.9 Å². The molecule has 0 amide bonds. The van der Waals surface area contributed by atoms with E-state index in [4.69, 9.17) is 9.47 Å². The summed E-state index contributed by atoms with van der Waals surface area (Å²) in [5.41, 5.74) is 2.67. The maximum atomic E-state index is 11.2. The van der Waals surface area contributed by atoms with Crippen LogP contribution in [-0.2, 0) is 0 Å². The maximum Gasteiger partial charge on any atom is 0.159 e. The Morgan fingerprint density at radius 2 is 0.684 bits per heavy atom. The Labute approximate surface area is 223 Å². The molecule has 0 heterocycles. The van der Waals surface area contributed by atoms with Gasteiger partial charge < -0.3 is 9.47 Å². The van der Waals surface area contributed by atoms with Crippen LogP contribution in [-0.4, -0.2) is 37.4 Å². The Morgan fingerprint density at radius 1 is 0.421 bits per heavy atom. The molecular weight excluding hydrogens is 480 g/mol. The van der Waals surface area contributed by atoms with E-state index in [0.29, 0.717) is 22.3 Å². The molecule has 0 unspecified atom stereocenters. The molecule has 0 aliphatic carbocycles. The average Bonchev–Trinajstić information content (AvgIpc) is 2.93. The smallest absolute Gasteiger partial charge is 0.159 e. The molecule has 196 valence electrons. The number of ether oxygens (including phenoxy) is 2. The molecule has 6 nitrogen and oxygen atoms in total. The SMILES string of the molecule is CC(=O)c1ccc(C(C)=O)cc1.CC(=O)c1ccc2cc(C(C)=O)ccc2c1.COc1ccc(OC)cc1. The van der Waals surface area contributed by atoms with Gasteiger partial charge in [0.25, 0.3) is 0 Å². The summed E-state index contributed by atoms with van der Waals surface area (Å²) < 4.78 is 9.92. The van der Waals surface area contributed by atoms with Crippen molar-refractivity contribution < 1.29 is 28.7 Å². The van der Waals surface area contributed by atoms with Crippen molar-refractivity contribution in [1.29, 1.82) is 0 Å². The largest absolute Gasteiger partial charge is 0.497 e. The minimum atomic E-state index is 0.0186. The van der Waals surface area contributed by atoms with E-state index in [1.807, 2.05) is 48.5 Å². The van der Waals surface area contributed by atoms with E-state index >= 15 is 0 Å². The lowest BCUT2D eigenvalue weighted by molar-refractivity contribution is 0.100. The summed E-state index contributed by atoms with van der Waals surface area (Å²) in [5.74, 6) is 1.84. The van der Waals surface area contributed by atoms with Crippen LogP contribution in [0, 0.1) is 0 Å². The molecule has 4 aromatic rings. The van der Waals surface area contributed by atoms with E-state index in [0.717, 1.165) is 22.3 Å². The first-order valence-electron chi connectivity index (χ1n) is 11.9. The number of benzene rings is 4. The lowest BCUT2D eigenvalue weighted by Gasteiger charge is -2.02. The predicted molar refractivity (Wildman–Crippen MR) is 150 cm³/mol. The zero-order valence-corrected chi connectivity index (χ0v) is 22.5. The molecule has 4 aromatic carbocycles. The fourth-order valence-electron chi connectivity index (χ4n) is 3.34. The van der Waals surface area contributed by atoms with Gasteiger partial charge in [-0.05, 0) is 74.9 Å². The zero-order valence-electron chi connectivity index (χ0n) is 22.5. The van der Waals surface area contributed by atoms with Gasteiger partial charge in [0, 0.05) is 22.3 Å². The Kier molecular flexibility index (Phi) is 11.1. The van der Waals surface area contributed by atoms with Gasteiger partial charge in [-0.25, -0.2) is 0 Å². The number of hydrogen-bond donors (Lipinski definition) is 0. The van der Waals surface area contributed by atoms with Crippen LogP contribution in [0.25, 0.3) is 10.8 Å². The Morgan fingerprint density at radius 3 is 0.921 bits per heavy atom. The number of fused-ring (bicyclic) bond motifs is 1. The molecule has 0 saturated heterocycles. The molecule has 0 atom stereocenters. The van der Waals surface area contributed by atoms with Gasteiger partial charge in [-0.1, -0.05) is 48.5 Å². The van der Waals surface area contributed by atoms with Crippen molar-refractivity contribution in [1.82, 2.24) is 0 Å². The van der Waals surface area contributed by atoms with Gasteiger partial charge in [-0.15, -0.1) is 0 Å². The van der Waals surface area contributed by atoms with E-state index in [1.165, 1.54) is 13.8 Å². The quantitative estimate of drug-likeness (QED) is 0.258. The zero-order chi connectivity index (χ0) is 28.2. The fourth-order valence-corrected chi connectivity index (χ4v) is 3.34. The van der Waals surface area contributed by atoms with Crippen LogP contribution in [0.2, 0.25) is 0 Å². The number of hydrogen-bond acceptors (Lipinski definition) is 6. The highest BCUT2D eigenvalue weighted by atomic mass is 16.5. The van der Waals surface area contributed by atoms with Crippen LogP contribution in [0.15, 0.2) is 84.9 Å². The summed E-state index contributed by atoms with van der Waals surface area (Å²) in [5, 5.41) is 1.97. The molecule has 0 aromatic heterocycles. The Bertz CT molecular complexity index is 1310. The molecule has 0 bridgehead atoms. The summed E-state index contributed by atoms with van der Waals surface area (Å²) in [6, 6.07) is 25.1. The minimum Gasteiger partial charge on any atom is -0.497 e. The standard InChI is InChI=1S/C14H12O2.C10H10O2.C8H10O2/c1-9(15)11-3-5-14-8-12(10(2)16)4-6-13(14)7-11;1-7(11)9-3-5-10(6-4-9)8(2)12;1-9-7-3-5-8(10-2)6-4-7/h3-8H,1-2H3;3-6H,1-2H3;3-6H,1-2H3. The number of ketones is 4. The monoisotopic (exact) mass is 512 g/mol. The summed E-state index contributed by atoms with van der Waals surface area (Å²) in [7, 11) is 3.28. The summed E-state index contributed by atoms with van der Waals surface area (Å²) in [6.45, 7) is 6.10. The lowest BCUT2D eigenvalue weighted by atomic mass is 10.0. The van der Waals surface area contributed by atoms with Crippen LogP contribution in [0.1, 0.15) is 69.1 Å². The van der Waals surface area contributed by atoms with E-state index < -0.39 is 0 Å². The molecule has 0 spiro atoms. The number of carbonyl (C=O) groups is 4. The topological polar surface area (TPSA) is 86.7 Å². The van der Waals surface area contributed by atoms with Crippen LogP contribution >= 0.6 is 0 Å². The van der Waals surface area contributed by atoms with Crippen LogP contribution in [0.3, 0.4) is 0 Å². The molecular formula is C32H32O6. The highest BCUT2D eigenvalue weighted by Crippen LogP contribution is 2.19. The van der Waals surface area contributed by atoms with Crippen LogP contribution in [0.4, 0.5) is 0 Å². The highest BCUT2D eigenvalue weighted by molar-refractivity contribution is 6.01. The number of carbonyl (C=O) groups excluding carboxylic acids is 4. The average molecular weight is 513 g/mol. The molecule has 0 saturated carbocycles.